The topological polar surface area (TPSA) is 196 Å². The number of unbranched alkanes of at least 4 members (excludes halogenated alkanes) is 3. The molecular formula is C36H70ClNO17. The van der Waals surface area contributed by atoms with E-state index in [1.165, 1.54) is 0 Å². The standard InChI is InChI=1S/C36H70ClNO17/c37-5-3-1-2-4-7-42-9-11-44-13-15-46-17-19-48-21-23-50-25-27-52-29-31-54-32-30-53-28-26-51-24-22-49-20-18-47-16-14-45-12-10-43-8-6-38-35(39)33-55-34-36(40)41/h1-34H2,(H,38,39)(H,40,41). The average molecular weight is 824 g/mol. The highest BCUT2D eigenvalue weighted by molar-refractivity contribution is 6.17. The van der Waals surface area contributed by atoms with Crippen molar-refractivity contribution in [3.05, 3.63) is 0 Å². The molecule has 2 N–H and O–H groups in total. The lowest BCUT2D eigenvalue weighted by Gasteiger charge is -2.09. The van der Waals surface area contributed by atoms with Crippen LogP contribution in [0.25, 0.3) is 0 Å². The van der Waals surface area contributed by atoms with E-state index in [0.717, 1.165) is 38.2 Å². The van der Waals surface area contributed by atoms with E-state index in [9.17, 15) is 9.59 Å². The molecule has 0 heterocycles. The van der Waals surface area contributed by atoms with Gasteiger partial charge in [0.25, 0.3) is 0 Å². The Morgan fingerprint density at radius 3 is 0.909 bits per heavy atom. The Hall–Kier alpha value is -1.33. The summed E-state index contributed by atoms with van der Waals surface area (Å²) >= 11 is 5.65. The first-order chi connectivity index (χ1) is 27.2. The summed E-state index contributed by atoms with van der Waals surface area (Å²) in [5.41, 5.74) is 0. The predicted molar refractivity (Wildman–Crippen MR) is 201 cm³/mol. The number of hydrogen-bond acceptors (Lipinski definition) is 16. The van der Waals surface area contributed by atoms with Gasteiger partial charge in [-0.2, -0.15) is 0 Å². The van der Waals surface area contributed by atoms with Crippen LogP contribution in [-0.4, -0.2) is 214 Å². The number of carbonyl (C=O) groups is 2. The van der Waals surface area contributed by atoms with E-state index in [-0.39, 0.29) is 6.61 Å². The number of ether oxygens (including phenoxy) is 14. The van der Waals surface area contributed by atoms with Crippen molar-refractivity contribution in [2.45, 2.75) is 25.7 Å². The SMILES string of the molecule is O=C(O)COCC(=O)NCCOCCOCCOCCOCCOCCOCCOCCOCCOCCOCCOCCOCCOCCCCCCCl. The molecule has 0 rings (SSSR count). The van der Waals surface area contributed by atoms with E-state index in [1.54, 1.807) is 0 Å². The van der Waals surface area contributed by atoms with Gasteiger partial charge in [-0.3, -0.25) is 4.79 Å². The molecule has 0 aliphatic heterocycles. The smallest absolute Gasteiger partial charge is 0.329 e. The fourth-order valence-corrected chi connectivity index (χ4v) is 4.13. The number of aliphatic carboxylic acids is 1. The molecule has 0 spiro atoms. The van der Waals surface area contributed by atoms with Crippen molar-refractivity contribution in [3.8, 4) is 0 Å². The molecule has 0 bridgehead atoms. The number of carboxylic acids is 1. The maximum absolute atomic E-state index is 11.4. The molecule has 0 saturated carbocycles. The van der Waals surface area contributed by atoms with E-state index in [2.05, 4.69) is 10.1 Å². The summed E-state index contributed by atoms with van der Waals surface area (Å²) < 4.78 is 75.7. The lowest BCUT2D eigenvalue weighted by atomic mass is 10.2. The number of nitrogens with one attached hydrogen (secondary N) is 1. The number of amides is 1. The highest BCUT2D eigenvalue weighted by Crippen LogP contribution is 2.01. The molecule has 0 atom stereocenters. The van der Waals surface area contributed by atoms with Crippen molar-refractivity contribution in [3.63, 3.8) is 0 Å². The summed E-state index contributed by atoms with van der Waals surface area (Å²) in [5.74, 6) is -0.788. The first-order valence-corrected chi connectivity index (χ1v) is 19.8. The van der Waals surface area contributed by atoms with Crippen molar-refractivity contribution in [2.75, 3.05) is 197 Å². The number of alkyl halides is 1. The molecule has 328 valence electrons. The molecule has 0 aliphatic carbocycles. The van der Waals surface area contributed by atoms with Gasteiger partial charge in [-0.25, -0.2) is 4.79 Å². The molecule has 18 nitrogen and oxygen atoms in total. The Balaban J connectivity index is 3.09. The molecular weight excluding hydrogens is 754 g/mol. The summed E-state index contributed by atoms with van der Waals surface area (Å²) in [6.45, 7) is 12.3. The summed E-state index contributed by atoms with van der Waals surface area (Å²) in [6, 6.07) is 0. The molecule has 1 amide bonds. The van der Waals surface area contributed by atoms with E-state index >= 15 is 0 Å². The number of carboxylic acid groups (broad SMARTS) is 1. The minimum Gasteiger partial charge on any atom is -0.480 e. The Bertz CT molecular complexity index is 778. The van der Waals surface area contributed by atoms with E-state index < -0.39 is 18.5 Å². The van der Waals surface area contributed by atoms with Gasteiger partial charge in [-0.1, -0.05) is 12.8 Å². The molecule has 0 aromatic rings. The van der Waals surface area contributed by atoms with Crippen LogP contribution < -0.4 is 5.32 Å². The van der Waals surface area contributed by atoms with Gasteiger partial charge in [0.2, 0.25) is 5.91 Å². The van der Waals surface area contributed by atoms with Crippen LogP contribution in [0.4, 0.5) is 0 Å². The maximum Gasteiger partial charge on any atom is 0.329 e. The molecule has 0 aromatic heterocycles. The quantitative estimate of drug-likeness (QED) is 0.0656. The Morgan fingerprint density at radius 2 is 0.618 bits per heavy atom. The van der Waals surface area contributed by atoms with Crippen LogP contribution in [-0.2, 0) is 75.9 Å². The molecule has 0 saturated heterocycles. The normalized spacial score (nSPS) is 11.4. The third-order valence-electron chi connectivity index (χ3n) is 6.66. The van der Waals surface area contributed by atoms with Crippen LogP contribution in [0, 0.1) is 0 Å². The van der Waals surface area contributed by atoms with Crippen molar-refractivity contribution in [1.82, 2.24) is 5.32 Å². The molecule has 19 heteroatoms. The third kappa shape index (κ3) is 50.7. The van der Waals surface area contributed by atoms with Crippen LogP contribution in [0.3, 0.4) is 0 Å². The fourth-order valence-electron chi connectivity index (χ4n) is 3.94. The van der Waals surface area contributed by atoms with Crippen LogP contribution in [0.15, 0.2) is 0 Å². The molecule has 0 aliphatic rings. The first-order valence-electron chi connectivity index (χ1n) is 19.3. The largest absolute Gasteiger partial charge is 0.480 e. The summed E-state index contributed by atoms with van der Waals surface area (Å²) in [4.78, 5) is 21.7. The monoisotopic (exact) mass is 823 g/mol. The van der Waals surface area contributed by atoms with E-state index in [1.807, 2.05) is 0 Å². The van der Waals surface area contributed by atoms with Gasteiger partial charge in [0, 0.05) is 19.0 Å². The second-order valence-corrected chi connectivity index (χ2v) is 11.7. The summed E-state index contributed by atoms with van der Waals surface area (Å²) in [7, 11) is 0. The Labute approximate surface area is 332 Å². The molecule has 0 radical (unpaired) electrons. The van der Waals surface area contributed by atoms with Crippen molar-refractivity contribution < 1.29 is 81.0 Å². The van der Waals surface area contributed by atoms with Gasteiger partial charge >= 0.3 is 5.97 Å². The Morgan fingerprint density at radius 1 is 0.345 bits per heavy atom. The van der Waals surface area contributed by atoms with Gasteiger partial charge < -0.3 is 76.7 Å². The average Bonchev–Trinajstić information content (AvgIpc) is 3.17. The molecule has 0 aromatic carbocycles. The zero-order valence-corrected chi connectivity index (χ0v) is 33.7. The lowest BCUT2D eigenvalue weighted by Crippen LogP contribution is -2.31. The zero-order chi connectivity index (χ0) is 39.8. The number of rotatable bonds is 49. The number of carbonyl (C=O) groups excluding carboxylic acids is 1. The zero-order valence-electron chi connectivity index (χ0n) is 32.9. The highest BCUT2D eigenvalue weighted by atomic mass is 35.5. The van der Waals surface area contributed by atoms with E-state index in [0.29, 0.717) is 172 Å². The molecule has 0 fully saturated rings. The molecule has 55 heavy (non-hydrogen) atoms. The van der Waals surface area contributed by atoms with Gasteiger partial charge in [0.15, 0.2) is 0 Å². The second kappa shape index (κ2) is 48.8. The van der Waals surface area contributed by atoms with Crippen molar-refractivity contribution in [2.24, 2.45) is 0 Å². The van der Waals surface area contributed by atoms with Crippen LogP contribution in [0.5, 0.6) is 0 Å². The van der Waals surface area contributed by atoms with Crippen molar-refractivity contribution in [1.29, 1.82) is 0 Å². The van der Waals surface area contributed by atoms with Crippen LogP contribution >= 0.6 is 11.6 Å². The van der Waals surface area contributed by atoms with Crippen molar-refractivity contribution >= 4 is 23.5 Å². The predicted octanol–water partition coefficient (Wildman–Crippen LogP) is 1.22. The minimum absolute atomic E-state index is 0.298. The first kappa shape index (κ1) is 53.7. The van der Waals surface area contributed by atoms with E-state index in [4.69, 9.17) is 78.3 Å². The van der Waals surface area contributed by atoms with Gasteiger partial charge in [0.1, 0.15) is 13.2 Å². The van der Waals surface area contributed by atoms with Gasteiger partial charge in [0.05, 0.1) is 165 Å². The highest BCUT2D eigenvalue weighted by Gasteiger charge is 2.03. The maximum atomic E-state index is 11.4. The summed E-state index contributed by atoms with van der Waals surface area (Å²) in [5, 5.41) is 11.0. The number of halogens is 1. The second-order valence-electron chi connectivity index (χ2n) is 11.3. The number of hydrogen-bond donors (Lipinski definition) is 2. The van der Waals surface area contributed by atoms with Crippen LogP contribution in [0.1, 0.15) is 25.7 Å². The van der Waals surface area contributed by atoms with Gasteiger partial charge in [-0.15, -0.1) is 11.6 Å². The Kier molecular flexibility index (Phi) is 47.6. The summed E-state index contributed by atoms with van der Waals surface area (Å²) in [6.07, 6.45) is 4.47. The van der Waals surface area contributed by atoms with Crippen LogP contribution in [0.2, 0.25) is 0 Å². The minimum atomic E-state index is -1.12. The van der Waals surface area contributed by atoms with Gasteiger partial charge in [-0.05, 0) is 12.8 Å². The lowest BCUT2D eigenvalue weighted by molar-refractivity contribution is -0.143. The molecule has 0 unspecified atom stereocenters. The third-order valence-corrected chi connectivity index (χ3v) is 6.93. The fraction of sp³-hybridized carbons (Fsp3) is 0.944.